The maximum atomic E-state index is 7.01. The molecule has 2 aromatic rings. The minimum atomic E-state index is 0.397. The first-order chi connectivity index (χ1) is 15.6. The van der Waals surface area contributed by atoms with Crippen molar-refractivity contribution in [3.8, 4) is 0 Å². The van der Waals surface area contributed by atoms with Crippen LogP contribution in [0.1, 0.15) is 51.4 Å². The zero-order valence-corrected chi connectivity index (χ0v) is 20.0. The molecule has 4 heteroatoms. The van der Waals surface area contributed by atoms with Crippen molar-refractivity contribution in [3.05, 3.63) is 36.4 Å². The zero-order chi connectivity index (χ0) is 21.3. The van der Waals surface area contributed by atoms with Crippen molar-refractivity contribution in [2.75, 3.05) is 30.5 Å². The molecule has 2 aromatic carbocycles. The highest BCUT2D eigenvalue weighted by Gasteiger charge is 2.53. The second-order valence-electron chi connectivity index (χ2n) is 11.9. The van der Waals surface area contributed by atoms with Gasteiger partial charge in [0.2, 0.25) is 0 Å². The average Bonchev–Trinajstić information content (AvgIpc) is 3.13. The maximum absolute atomic E-state index is 7.01. The van der Waals surface area contributed by atoms with Crippen LogP contribution >= 0.6 is 11.9 Å². The molecular weight excluding hydrogens is 410 g/mol. The van der Waals surface area contributed by atoms with Gasteiger partial charge in [0.25, 0.3) is 0 Å². The lowest BCUT2D eigenvalue weighted by Crippen LogP contribution is -2.58. The number of hydrogen-bond donors (Lipinski definition) is 1. The van der Waals surface area contributed by atoms with Crippen LogP contribution in [0.3, 0.4) is 0 Å². The van der Waals surface area contributed by atoms with Crippen LogP contribution in [0.5, 0.6) is 0 Å². The maximum Gasteiger partial charge on any atom is 0.0563 e. The Bertz CT molecular complexity index is 970. The molecule has 4 aliphatic carbocycles. The van der Waals surface area contributed by atoms with Gasteiger partial charge in [-0.05, 0) is 123 Å². The van der Waals surface area contributed by atoms with E-state index in [0.29, 0.717) is 11.5 Å². The van der Waals surface area contributed by atoms with Crippen molar-refractivity contribution in [1.29, 1.82) is 0 Å². The molecule has 4 saturated carbocycles. The van der Waals surface area contributed by atoms with Gasteiger partial charge in [-0.25, -0.2) is 0 Å². The number of benzene rings is 2. The first kappa shape index (κ1) is 20.2. The summed E-state index contributed by atoms with van der Waals surface area (Å²) in [6.07, 6.45) is 11.5. The standard InChI is InChI=1S/C28H37N3S/c29-26(28-14-20-11-21(15-28)13-22(12-20)16-28)18-30-9-7-19(8-10-30)17-31-24-5-1-3-23-4-2-6-25(32-31)27(23)24/h1-6,19-22,26H,7-18,29H2/t20?,21?,22?,26-,28?/m0/s1. The first-order valence-electron chi connectivity index (χ1n) is 13.1. The van der Waals surface area contributed by atoms with Gasteiger partial charge in [-0.1, -0.05) is 24.3 Å². The Morgan fingerprint density at radius 2 is 1.59 bits per heavy atom. The quantitative estimate of drug-likeness (QED) is 0.577. The lowest BCUT2D eigenvalue weighted by atomic mass is 9.48. The van der Waals surface area contributed by atoms with Gasteiger partial charge in [0.05, 0.1) is 5.69 Å². The molecule has 0 amide bonds. The number of nitrogens with two attached hydrogens (primary N) is 1. The van der Waals surface area contributed by atoms with E-state index in [0.717, 1.165) is 30.2 Å². The topological polar surface area (TPSA) is 32.5 Å². The molecule has 32 heavy (non-hydrogen) atoms. The lowest BCUT2D eigenvalue weighted by Gasteiger charge is -2.59. The fourth-order valence-corrected chi connectivity index (χ4v) is 9.79. The van der Waals surface area contributed by atoms with Crippen LogP contribution in [0.4, 0.5) is 5.69 Å². The minimum absolute atomic E-state index is 0.397. The van der Waals surface area contributed by atoms with Gasteiger partial charge in [-0.15, -0.1) is 0 Å². The van der Waals surface area contributed by atoms with Crippen LogP contribution in [0.2, 0.25) is 0 Å². The molecule has 4 bridgehead atoms. The smallest absolute Gasteiger partial charge is 0.0563 e. The molecule has 5 fully saturated rings. The van der Waals surface area contributed by atoms with Gasteiger partial charge >= 0.3 is 0 Å². The molecule has 0 unspecified atom stereocenters. The highest BCUT2D eigenvalue weighted by Crippen LogP contribution is 2.61. The monoisotopic (exact) mass is 447 g/mol. The average molecular weight is 448 g/mol. The summed E-state index contributed by atoms with van der Waals surface area (Å²) in [7, 11) is 0. The minimum Gasteiger partial charge on any atom is -0.326 e. The summed E-state index contributed by atoms with van der Waals surface area (Å²) in [6.45, 7) is 4.79. The van der Waals surface area contributed by atoms with Gasteiger partial charge in [0.1, 0.15) is 0 Å². The van der Waals surface area contributed by atoms with Crippen molar-refractivity contribution in [2.45, 2.75) is 62.3 Å². The van der Waals surface area contributed by atoms with Crippen LogP contribution in [-0.2, 0) is 0 Å². The van der Waals surface area contributed by atoms with Gasteiger partial charge in [-0.2, -0.15) is 0 Å². The second kappa shape index (κ2) is 7.65. The van der Waals surface area contributed by atoms with Crippen molar-refractivity contribution in [3.63, 3.8) is 0 Å². The second-order valence-corrected chi connectivity index (χ2v) is 13.0. The van der Waals surface area contributed by atoms with Gasteiger partial charge < -0.3 is 14.9 Å². The third kappa shape index (κ3) is 3.32. The summed E-state index contributed by atoms with van der Waals surface area (Å²) in [4.78, 5) is 4.14. The molecule has 2 aliphatic heterocycles. The SMILES string of the molecule is N[C@@H](CN1CCC(CN2Sc3cccc4cccc2c34)CC1)C12CC3CC(CC(C3)C1)C2. The number of hydrogen-bond acceptors (Lipinski definition) is 4. The molecule has 1 atom stereocenters. The van der Waals surface area contributed by atoms with Crippen LogP contribution in [-0.4, -0.2) is 37.1 Å². The fourth-order valence-electron chi connectivity index (χ4n) is 8.56. The van der Waals surface area contributed by atoms with Crippen molar-refractivity contribution >= 4 is 28.4 Å². The Kier molecular flexibility index (Phi) is 4.82. The summed E-state index contributed by atoms with van der Waals surface area (Å²) in [6, 6.07) is 13.9. The predicted molar refractivity (Wildman–Crippen MR) is 135 cm³/mol. The number of nitrogens with zero attached hydrogens (tertiary/aromatic N) is 2. The molecule has 3 nitrogen and oxygen atoms in total. The van der Waals surface area contributed by atoms with E-state index in [1.165, 1.54) is 92.4 Å². The molecule has 6 aliphatic rings. The highest BCUT2D eigenvalue weighted by atomic mass is 32.2. The Morgan fingerprint density at radius 3 is 2.28 bits per heavy atom. The lowest BCUT2D eigenvalue weighted by molar-refractivity contribution is -0.0724. The van der Waals surface area contributed by atoms with E-state index in [1.807, 2.05) is 11.9 Å². The fraction of sp³-hybridized carbons (Fsp3) is 0.643. The number of likely N-dealkylation sites (tertiary alicyclic amines) is 1. The van der Waals surface area contributed by atoms with Crippen molar-refractivity contribution < 1.29 is 0 Å². The van der Waals surface area contributed by atoms with E-state index < -0.39 is 0 Å². The predicted octanol–water partition coefficient (Wildman–Crippen LogP) is 5.92. The highest BCUT2D eigenvalue weighted by molar-refractivity contribution is 8.01. The molecule has 2 N–H and O–H groups in total. The van der Waals surface area contributed by atoms with E-state index in [-0.39, 0.29) is 0 Å². The molecule has 8 rings (SSSR count). The van der Waals surface area contributed by atoms with Crippen molar-refractivity contribution in [1.82, 2.24) is 4.90 Å². The van der Waals surface area contributed by atoms with Crippen LogP contribution in [0.25, 0.3) is 10.8 Å². The Balaban J connectivity index is 0.965. The third-order valence-corrected chi connectivity index (χ3v) is 10.9. The molecule has 170 valence electrons. The summed E-state index contributed by atoms with van der Waals surface area (Å²) in [5, 5.41) is 2.84. The summed E-state index contributed by atoms with van der Waals surface area (Å²) in [5.41, 5.74) is 8.92. The number of piperidine rings is 1. The van der Waals surface area contributed by atoms with E-state index in [9.17, 15) is 0 Å². The molecule has 0 aromatic heterocycles. The molecule has 1 saturated heterocycles. The van der Waals surface area contributed by atoms with Crippen molar-refractivity contribution in [2.24, 2.45) is 34.8 Å². The van der Waals surface area contributed by atoms with Gasteiger partial charge in [0, 0.05) is 29.4 Å². The number of anilines is 1. The third-order valence-electron chi connectivity index (χ3n) is 9.78. The van der Waals surface area contributed by atoms with Gasteiger partial charge in [0.15, 0.2) is 0 Å². The van der Waals surface area contributed by atoms with E-state index in [1.54, 1.807) is 0 Å². The zero-order valence-electron chi connectivity index (χ0n) is 19.2. The number of rotatable bonds is 5. The largest absolute Gasteiger partial charge is 0.326 e. The van der Waals surface area contributed by atoms with E-state index in [2.05, 4.69) is 45.6 Å². The first-order valence-corrected chi connectivity index (χ1v) is 13.9. The normalized spacial score (nSPS) is 35.2. The van der Waals surface area contributed by atoms with E-state index in [4.69, 9.17) is 5.73 Å². The van der Waals surface area contributed by atoms with E-state index >= 15 is 0 Å². The Hall–Kier alpha value is -1.23. The summed E-state index contributed by atoms with van der Waals surface area (Å²) >= 11 is 1.95. The van der Waals surface area contributed by atoms with Crippen LogP contribution < -0.4 is 10.0 Å². The molecular formula is C28H37N3S. The van der Waals surface area contributed by atoms with Crippen LogP contribution in [0.15, 0.2) is 41.3 Å². The summed E-state index contributed by atoms with van der Waals surface area (Å²) in [5.74, 6) is 3.80. The van der Waals surface area contributed by atoms with Crippen LogP contribution in [0, 0.1) is 29.1 Å². The molecule has 0 spiro atoms. The summed E-state index contributed by atoms with van der Waals surface area (Å²) < 4.78 is 2.57. The molecule has 2 heterocycles. The molecule has 0 radical (unpaired) electrons. The Morgan fingerprint density at radius 1 is 0.938 bits per heavy atom. The van der Waals surface area contributed by atoms with Gasteiger partial charge in [-0.3, -0.25) is 0 Å². The Labute approximate surface area is 197 Å².